The zero-order valence-electron chi connectivity index (χ0n) is 10.6. The summed E-state index contributed by atoms with van der Waals surface area (Å²) in [4.78, 5) is 16.5. The minimum atomic E-state index is -0.0285. The standard InChI is InChI=1S/C15H13N3O/c1-9(2)7-13-17-8-12-14(18(13)16)10-5-3-4-6-11(10)15(12)19/h3-8H,1,16H2,2H3/b13-7-. The molecule has 1 aliphatic heterocycles. The van der Waals surface area contributed by atoms with Crippen LogP contribution in [0.25, 0.3) is 5.70 Å². The SMILES string of the molecule is C=C(C)/C=C1/N=CC2=C(c3ccccc3C2=O)N1N. The maximum absolute atomic E-state index is 12.2. The molecule has 0 fully saturated rings. The van der Waals surface area contributed by atoms with Crippen LogP contribution in [0.3, 0.4) is 0 Å². The van der Waals surface area contributed by atoms with Crippen molar-refractivity contribution in [3.05, 3.63) is 65.0 Å². The molecular weight excluding hydrogens is 238 g/mol. The first kappa shape index (κ1) is 11.6. The van der Waals surface area contributed by atoms with Crippen molar-refractivity contribution in [2.45, 2.75) is 6.92 Å². The lowest BCUT2D eigenvalue weighted by molar-refractivity contribution is 0.104. The number of hydrogen-bond donors (Lipinski definition) is 1. The van der Waals surface area contributed by atoms with Crippen molar-refractivity contribution in [1.82, 2.24) is 5.01 Å². The number of nitrogens with zero attached hydrogens (tertiary/aromatic N) is 2. The number of nitrogens with two attached hydrogens (primary N) is 1. The van der Waals surface area contributed by atoms with Gasteiger partial charge >= 0.3 is 0 Å². The van der Waals surface area contributed by atoms with Crippen molar-refractivity contribution >= 4 is 17.7 Å². The molecule has 4 nitrogen and oxygen atoms in total. The van der Waals surface area contributed by atoms with Crippen LogP contribution in [-0.2, 0) is 0 Å². The second kappa shape index (κ2) is 4.03. The van der Waals surface area contributed by atoms with Crippen LogP contribution in [0.5, 0.6) is 0 Å². The number of hydrazine groups is 1. The van der Waals surface area contributed by atoms with Gasteiger partial charge in [0.15, 0.2) is 5.78 Å². The van der Waals surface area contributed by atoms with E-state index in [4.69, 9.17) is 5.84 Å². The number of hydrogen-bond acceptors (Lipinski definition) is 4. The predicted molar refractivity (Wildman–Crippen MR) is 75.1 cm³/mol. The molecule has 0 unspecified atom stereocenters. The molecule has 0 radical (unpaired) electrons. The van der Waals surface area contributed by atoms with Gasteiger partial charge in [-0.3, -0.25) is 9.80 Å². The van der Waals surface area contributed by atoms with Gasteiger partial charge in [-0.2, -0.15) is 0 Å². The van der Waals surface area contributed by atoms with Gasteiger partial charge in [0, 0.05) is 17.3 Å². The van der Waals surface area contributed by atoms with Crippen LogP contribution in [-0.4, -0.2) is 17.0 Å². The molecule has 0 amide bonds. The molecule has 0 saturated carbocycles. The zero-order chi connectivity index (χ0) is 13.6. The number of allylic oxidation sites excluding steroid dienone is 3. The molecule has 2 N–H and O–H groups in total. The molecule has 1 heterocycles. The molecule has 1 aromatic carbocycles. The van der Waals surface area contributed by atoms with Crippen molar-refractivity contribution in [1.29, 1.82) is 0 Å². The molecule has 94 valence electrons. The number of rotatable bonds is 1. The minimum Gasteiger partial charge on any atom is -0.288 e. The van der Waals surface area contributed by atoms with Gasteiger partial charge in [0.1, 0.15) is 5.82 Å². The number of carbonyl (C=O) groups excluding carboxylic acids is 1. The average Bonchev–Trinajstić information content (AvgIpc) is 2.67. The van der Waals surface area contributed by atoms with Crippen LogP contribution in [0, 0.1) is 0 Å². The first-order chi connectivity index (χ1) is 9.09. The molecule has 0 bridgehead atoms. The first-order valence-corrected chi connectivity index (χ1v) is 5.94. The van der Waals surface area contributed by atoms with Crippen molar-refractivity contribution in [2.75, 3.05) is 0 Å². The Bertz CT molecular complexity index is 695. The van der Waals surface area contributed by atoms with Crippen LogP contribution in [0.15, 0.2) is 58.9 Å². The van der Waals surface area contributed by atoms with Gasteiger partial charge in [-0.25, -0.2) is 10.8 Å². The van der Waals surface area contributed by atoms with Gasteiger partial charge < -0.3 is 0 Å². The number of fused-ring (bicyclic) bond motifs is 2. The Labute approximate surface area is 111 Å². The summed E-state index contributed by atoms with van der Waals surface area (Å²) in [7, 11) is 0. The van der Waals surface area contributed by atoms with Crippen LogP contribution in [0.4, 0.5) is 0 Å². The fraction of sp³-hybridized carbons (Fsp3) is 0.0667. The third-order valence-corrected chi connectivity index (χ3v) is 3.12. The molecule has 0 atom stereocenters. The highest BCUT2D eigenvalue weighted by Crippen LogP contribution is 2.37. The van der Waals surface area contributed by atoms with Crippen LogP contribution in [0.1, 0.15) is 22.8 Å². The Balaban J connectivity index is 2.16. The normalized spacial score (nSPS) is 18.9. The topological polar surface area (TPSA) is 58.7 Å². The summed E-state index contributed by atoms with van der Waals surface area (Å²) in [5.41, 5.74) is 3.63. The van der Waals surface area contributed by atoms with Gasteiger partial charge in [0.2, 0.25) is 0 Å². The number of aliphatic imine (C=N–C) groups is 1. The molecule has 19 heavy (non-hydrogen) atoms. The van der Waals surface area contributed by atoms with Crippen molar-refractivity contribution in [3.63, 3.8) is 0 Å². The quantitative estimate of drug-likeness (QED) is 0.779. The van der Waals surface area contributed by atoms with E-state index in [1.807, 2.05) is 25.1 Å². The molecule has 0 saturated heterocycles. The summed E-state index contributed by atoms with van der Waals surface area (Å²) in [5, 5.41) is 1.45. The van der Waals surface area contributed by atoms with Gasteiger partial charge in [0.25, 0.3) is 0 Å². The van der Waals surface area contributed by atoms with Crippen LogP contribution in [0.2, 0.25) is 0 Å². The fourth-order valence-corrected chi connectivity index (χ4v) is 2.30. The molecule has 1 aliphatic carbocycles. The second-order valence-electron chi connectivity index (χ2n) is 4.61. The first-order valence-electron chi connectivity index (χ1n) is 5.94. The highest BCUT2D eigenvalue weighted by atomic mass is 16.1. The Morgan fingerprint density at radius 2 is 2.05 bits per heavy atom. The van der Waals surface area contributed by atoms with E-state index in [-0.39, 0.29) is 5.78 Å². The molecule has 4 heteroatoms. The number of ketones is 1. The average molecular weight is 251 g/mol. The molecule has 0 spiro atoms. The lowest BCUT2D eigenvalue weighted by Crippen LogP contribution is -2.30. The molecule has 3 rings (SSSR count). The van der Waals surface area contributed by atoms with Gasteiger partial charge in [-0.05, 0) is 13.0 Å². The number of Topliss-reactive ketones (excluding diaryl/α,β-unsaturated/α-hetero) is 1. The maximum Gasteiger partial charge on any atom is 0.197 e. The lowest BCUT2D eigenvalue weighted by atomic mass is 10.1. The van der Waals surface area contributed by atoms with E-state index in [1.165, 1.54) is 5.01 Å². The van der Waals surface area contributed by atoms with Crippen LogP contribution >= 0.6 is 0 Å². The fourth-order valence-electron chi connectivity index (χ4n) is 2.30. The van der Waals surface area contributed by atoms with E-state index in [1.54, 1.807) is 18.4 Å². The van der Waals surface area contributed by atoms with Gasteiger partial charge in [-0.1, -0.05) is 36.4 Å². The van der Waals surface area contributed by atoms with E-state index in [9.17, 15) is 4.79 Å². The van der Waals surface area contributed by atoms with E-state index < -0.39 is 0 Å². The third-order valence-electron chi connectivity index (χ3n) is 3.12. The summed E-state index contributed by atoms with van der Waals surface area (Å²) in [6.07, 6.45) is 3.36. The van der Waals surface area contributed by atoms with E-state index in [2.05, 4.69) is 11.6 Å². The zero-order valence-corrected chi connectivity index (χ0v) is 10.6. The molecular formula is C15H13N3O. The summed E-state index contributed by atoms with van der Waals surface area (Å²) in [6, 6.07) is 7.44. The smallest absolute Gasteiger partial charge is 0.197 e. The van der Waals surface area contributed by atoms with E-state index >= 15 is 0 Å². The van der Waals surface area contributed by atoms with Crippen molar-refractivity contribution < 1.29 is 4.79 Å². The lowest BCUT2D eigenvalue weighted by Gasteiger charge is -2.24. The molecule has 2 aliphatic rings. The van der Waals surface area contributed by atoms with Crippen molar-refractivity contribution in [2.24, 2.45) is 10.8 Å². The molecule has 0 aromatic heterocycles. The largest absolute Gasteiger partial charge is 0.288 e. The highest BCUT2D eigenvalue weighted by Gasteiger charge is 2.33. The van der Waals surface area contributed by atoms with Gasteiger partial charge in [0.05, 0.1) is 11.3 Å². The highest BCUT2D eigenvalue weighted by molar-refractivity contribution is 6.31. The van der Waals surface area contributed by atoms with E-state index in [0.717, 1.165) is 11.1 Å². The summed E-state index contributed by atoms with van der Waals surface area (Å²) in [6.45, 7) is 5.68. The third kappa shape index (κ3) is 1.65. The van der Waals surface area contributed by atoms with Crippen molar-refractivity contribution in [3.8, 4) is 0 Å². The second-order valence-corrected chi connectivity index (χ2v) is 4.61. The van der Waals surface area contributed by atoms with E-state index in [0.29, 0.717) is 22.7 Å². The summed E-state index contributed by atoms with van der Waals surface area (Å²) < 4.78 is 0. The Hall–Kier alpha value is -2.46. The molecule has 1 aromatic rings. The predicted octanol–water partition coefficient (Wildman–Crippen LogP) is 2.27. The Kier molecular flexibility index (Phi) is 2.47. The Morgan fingerprint density at radius 1 is 1.37 bits per heavy atom. The minimum absolute atomic E-state index is 0.0285. The number of carbonyl (C=O) groups is 1. The summed E-state index contributed by atoms with van der Waals surface area (Å²) >= 11 is 0. The monoisotopic (exact) mass is 251 g/mol. The van der Waals surface area contributed by atoms with Gasteiger partial charge in [-0.15, -0.1) is 0 Å². The Morgan fingerprint density at radius 3 is 2.74 bits per heavy atom. The maximum atomic E-state index is 12.2. The van der Waals surface area contributed by atoms with Crippen LogP contribution < -0.4 is 5.84 Å². The summed E-state index contributed by atoms with van der Waals surface area (Å²) in [5.74, 6) is 6.64. The number of benzene rings is 1.